The molecule has 0 bridgehead atoms. The third kappa shape index (κ3) is 2.53. The number of aromatic nitrogens is 3. The number of pyridine rings is 1. The van der Waals surface area contributed by atoms with Gasteiger partial charge in [0.25, 0.3) is 0 Å². The Morgan fingerprint density at radius 3 is 3.00 bits per heavy atom. The largest absolute Gasteiger partial charge is 0.325 e. The highest BCUT2D eigenvalue weighted by atomic mass is 16.1. The predicted octanol–water partition coefficient (Wildman–Crippen LogP) is 2.65. The van der Waals surface area contributed by atoms with E-state index in [0.29, 0.717) is 12.3 Å². The fourth-order valence-electron chi connectivity index (χ4n) is 2.71. The van der Waals surface area contributed by atoms with Crippen molar-refractivity contribution in [3.63, 3.8) is 0 Å². The lowest BCUT2D eigenvalue weighted by molar-refractivity contribution is -0.117. The number of anilines is 1. The van der Waals surface area contributed by atoms with Crippen LogP contribution in [0.3, 0.4) is 0 Å². The van der Waals surface area contributed by atoms with Crippen LogP contribution in [0.1, 0.15) is 31.9 Å². The lowest BCUT2D eigenvalue weighted by Crippen LogP contribution is -2.16. The molecule has 5 nitrogen and oxygen atoms in total. The molecule has 2 aromatic heterocycles. The number of aryl methyl sites for hydroxylation is 2. The van der Waals surface area contributed by atoms with Crippen molar-refractivity contribution in [2.75, 3.05) is 5.32 Å². The summed E-state index contributed by atoms with van der Waals surface area (Å²) in [6.07, 6.45) is 4.84. The maximum atomic E-state index is 12.0. The molecule has 2 aromatic rings. The van der Waals surface area contributed by atoms with Crippen LogP contribution in [0.25, 0.3) is 11.0 Å². The van der Waals surface area contributed by atoms with Crippen LogP contribution >= 0.6 is 0 Å². The van der Waals surface area contributed by atoms with Gasteiger partial charge in [0.05, 0.1) is 17.6 Å². The van der Waals surface area contributed by atoms with Crippen LogP contribution in [0.5, 0.6) is 0 Å². The molecule has 0 radical (unpaired) electrons. The van der Waals surface area contributed by atoms with Crippen LogP contribution in [-0.2, 0) is 11.8 Å². The van der Waals surface area contributed by atoms with Gasteiger partial charge in [0, 0.05) is 18.9 Å². The van der Waals surface area contributed by atoms with Crippen molar-refractivity contribution in [3.05, 3.63) is 18.0 Å². The first-order valence-corrected chi connectivity index (χ1v) is 7.14. The zero-order valence-corrected chi connectivity index (χ0v) is 12.2. The van der Waals surface area contributed by atoms with Crippen LogP contribution in [0.2, 0.25) is 0 Å². The standard InChI is InChI=1S/C15H20N4O/c1-9(11-4-5-11)6-14(20)17-12-7-13-10(2)18-19(3)15(13)16-8-12/h7-9,11H,4-6H2,1-3H3,(H,17,20). The molecule has 0 spiro atoms. The van der Waals surface area contributed by atoms with Crippen molar-refractivity contribution in [1.29, 1.82) is 0 Å². The van der Waals surface area contributed by atoms with Crippen LogP contribution < -0.4 is 5.32 Å². The minimum Gasteiger partial charge on any atom is -0.325 e. The molecule has 1 aliphatic carbocycles. The molecule has 20 heavy (non-hydrogen) atoms. The summed E-state index contributed by atoms with van der Waals surface area (Å²) >= 11 is 0. The minimum atomic E-state index is 0.0760. The van der Waals surface area contributed by atoms with Gasteiger partial charge in [0.1, 0.15) is 0 Å². The van der Waals surface area contributed by atoms with Crippen molar-refractivity contribution in [3.8, 4) is 0 Å². The predicted molar refractivity (Wildman–Crippen MR) is 78.4 cm³/mol. The zero-order valence-electron chi connectivity index (χ0n) is 12.2. The number of carbonyl (C=O) groups is 1. The molecule has 0 saturated heterocycles. The van der Waals surface area contributed by atoms with E-state index in [9.17, 15) is 4.79 Å². The molecule has 1 atom stereocenters. The lowest BCUT2D eigenvalue weighted by Gasteiger charge is -2.10. The Kier molecular flexibility index (Phi) is 3.20. The highest BCUT2D eigenvalue weighted by Crippen LogP contribution is 2.38. The fourth-order valence-corrected chi connectivity index (χ4v) is 2.71. The van der Waals surface area contributed by atoms with Gasteiger partial charge < -0.3 is 5.32 Å². The maximum absolute atomic E-state index is 12.0. The van der Waals surface area contributed by atoms with Crippen molar-refractivity contribution < 1.29 is 4.79 Å². The summed E-state index contributed by atoms with van der Waals surface area (Å²) < 4.78 is 1.76. The Bertz CT molecular complexity index is 657. The number of amides is 1. The molecule has 5 heteroatoms. The number of nitrogens with one attached hydrogen (secondary N) is 1. The summed E-state index contributed by atoms with van der Waals surface area (Å²) in [5, 5.41) is 8.26. The first kappa shape index (κ1) is 13.1. The first-order chi connectivity index (χ1) is 9.54. The van der Waals surface area contributed by atoms with Crippen LogP contribution in [0.4, 0.5) is 5.69 Å². The number of hydrogen-bond acceptors (Lipinski definition) is 3. The van der Waals surface area contributed by atoms with E-state index in [1.165, 1.54) is 12.8 Å². The molecule has 1 saturated carbocycles. The normalized spacial score (nSPS) is 16.4. The smallest absolute Gasteiger partial charge is 0.224 e. The van der Waals surface area contributed by atoms with Gasteiger partial charge in [0.15, 0.2) is 5.65 Å². The van der Waals surface area contributed by atoms with Gasteiger partial charge in [-0.3, -0.25) is 9.48 Å². The van der Waals surface area contributed by atoms with E-state index < -0.39 is 0 Å². The molecule has 1 aliphatic rings. The molecule has 3 rings (SSSR count). The van der Waals surface area contributed by atoms with E-state index in [-0.39, 0.29) is 5.91 Å². The first-order valence-electron chi connectivity index (χ1n) is 7.14. The number of fused-ring (bicyclic) bond motifs is 1. The van der Waals surface area contributed by atoms with E-state index in [0.717, 1.165) is 28.3 Å². The summed E-state index contributed by atoms with van der Waals surface area (Å²) in [5.74, 6) is 1.31. The van der Waals surface area contributed by atoms with Crippen molar-refractivity contribution >= 4 is 22.6 Å². The van der Waals surface area contributed by atoms with E-state index in [2.05, 4.69) is 22.3 Å². The van der Waals surface area contributed by atoms with Crippen LogP contribution in [0.15, 0.2) is 12.3 Å². The summed E-state index contributed by atoms with van der Waals surface area (Å²) in [4.78, 5) is 16.4. The Balaban J connectivity index is 1.73. The van der Waals surface area contributed by atoms with Gasteiger partial charge in [0.2, 0.25) is 5.91 Å². The Morgan fingerprint density at radius 2 is 2.30 bits per heavy atom. The topological polar surface area (TPSA) is 59.8 Å². The second kappa shape index (κ2) is 4.89. The quantitative estimate of drug-likeness (QED) is 0.930. The summed E-state index contributed by atoms with van der Waals surface area (Å²) in [5.41, 5.74) is 2.52. The second-order valence-electron chi connectivity index (χ2n) is 5.87. The molecular weight excluding hydrogens is 252 g/mol. The number of rotatable bonds is 4. The van der Waals surface area contributed by atoms with Gasteiger partial charge in [-0.25, -0.2) is 4.98 Å². The minimum absolute atomic E-state index is 0.0760. The third-order valence-corrected chi connectivity index (χ3v) is 4.08. The van der Waals surface area contributed by atoms with Crippen LogP contribution in [0, 0.1) is 18.8 Å². The number of hydrogen-bond donors (Lipinski definition) is 1. The van der Waals surface area contributed by atoms with Gasteiger partial charge >= 0.3 is 0 Å². The van der Waals surface area contributed by atoms with Gasteiger partial charge in [-0.1, -0.05) is 6.92 Å². The molecule has 0 aromatic carbocycles. The van der Waals surface area contributed by atoms with Crippen molar-refractivity contribution in [1.82, 2.24) is 14.8 Å². The van der Waals surface area contributed by atoms with E-state index >= 15 is 0 Å². The van der Waals surface area contributed by atoms with Crippen LogP contribution in [-0.4, -0.2) is 20.7 Å². The average molecular weight is 272 g/mol. The van der Waals surface area contributed by atoms with Crippen molar-refractivity contribution in [2.24, 2.45) is 18.9 Å². The Labute approximate surface area is 118 Å². The van der Waals surface area contributed by atoms with Gasteiger partial charge in [-0.2, -0.15) is 5.10 Å². The Morgan fingerprint density at radius 1 is 1.55 bits per heavy atom. The molecule has 0 aliphatic heterocycles. The summed E-state index contributed by atoms with van der Waals surface area (Å²) in [7, 11) is 1.87. The van der Waals surface area contributed by atoms with E-state index in [1.807, 2.05) is 20.0 Å². The second-order valence-corrected chi connectivity index (χ2v) is 5.87. The summed E-state index contributed by atoms with van der Waals surface area (Å²) in [6, 6.07) is 1.95. The molecule has 1 amide bonds. The SMILES string of the molecule is Cc1nn(C)c2ncc(NC(=O)CC(C)C3CC3)cc12. The Hall–Kier alpha value is -1.91. The average Bonchev–Trinajstić information content (AvgIpc) is 3.18. The number of nitrogens with zero attached hydrogens (tertiary/aromatic N) is 3. The zero-order chi connectivity index (χ0) is 14.3. The molecule has 2 heterocycles. The maximum Gasteiger partial charge on any atom is 0.224 e. The molecule has 1 unspecified atom stereocenters. The fraction of sp³-hybridized carbons (Fsp3) is 0.533. The lowest BCUT2D eigenvalue weighted by atomic mass is 10.0. The highest BCUT2D eigenvalue weighted by molar-refractivity contribution is 5.93. The molecule has 1 fully saturated rings. The molecule has 1 N–H and O–H groups in total. The summed E-state index contributed by atoms with van der Waals surface area (Å²) in [6.45, 7) is 4.11. The molecular formula is C15H20N4O. The van der Waals surface area contributed by atoms with E-state index in [4.69, 9.17) is 0 Å². The number of carbonyl (C=O) groups excluding carboxylic acids is 1. The van der Waals surface area contributed by atoms with Gasteiger partial charge in [-0.15, -0.1) is 0 Å². The monoisotopic (exact) mass is 272 g/mol. The third-order valence-electron chi connectivity index (χ3n) is 4.08. The highest BCUT2D eigenvalue weighted by Gasteiger charge is 2.29. The molecule has 106 valence electrons. The van der Waals surface area contributed by atoms with Crippen molar-refractivity contribution in [2.45, 2.75) is 33.1 Å². The van der Waals surface area contributed by atoms with E-state index in [1.54, 1.807) is 10.9 Å². The van der Waals surface area contributed by atoms with Gasteiger partial charge in [-0.05, 0) is 37.7 Å².